The van der Waals surface area contributed by atoms with E-state index in [2.05, 4.69) is 35.4 Å². The number of hydrogen-bond donors (Lipinski definition) is 1. The third kappa shape index (κ3) is 2.79. The van der Waals surface area contributed by atoms with Gasteiger partial charge in [0.1, 0.15) is 5.69 Å². The molecule has 1 fully saturated rings. The van der Waals surface area contributed by atoms with E-state index >= 15 is 0 Å². The van der Waals surface area contributed by atoms with Crippen molar-refractivity contribution in [3.8, 4) is 0 Å². The van der Waals surface area contributed by atoms with Crippen LogP contribution in [0.3, 0.4) is 0 Å². The van der Waals surface area contributed by atoms with E-state index in [4.69, 9.17) is 4.98 Å². The van der Waals surface area contributed by atoms with Crippen LogP contribution in [0.2, 0.25) is 0 Å². The smallest absolute Gasteiger partial charge is 0.271 e. The summed E-state index contributed by atoms with van der Waals surface area (Å²) in [6, 6.07) is 8.29. The molecule has 1 amide bonds. The van der Waals surface area contributed by atoms with Gasteiger partial charge in [0.25, 0.3) is 5.91 Å². The van der Waals surface area contributed by atoms with E-state index in [9.17, 15) is 4.79 Å². The second kappa shape index (κ2) is 6.71. The Bertz CT molecular complexity index is 1070. The fourth-order valence-corrected chi connectivity index (χ4v) is 4.51. The SMILES string of the molecule is Cc1ccc2c(c1)cc(C(=O)N1CCC[C@H]1c1ncc3c(n1)CCNC3)n2C. The van der Waals surface area contributed by atoms with Crippen LogP contribution in [0.4, 0.5) is 0 Å². The highest BCUT2D eigenvalue weighted by atomic mass is 16.2. The van der Waals surface area contributed by atoms with Gasteiger partial charge in [0.15, 0.2) is 5.82 Å². The van der Waals surface area contributed by atoms with Gasteiger partial charge in [0.2, 0.25) is 0 Å². The maximum absolute atomic E-state index is 13.4. The number of aromatic nitrogens is 3. The second-order valence-electron chi connectivity index (χ2n) is 7.93. The Hall–Kier alpha value is -2.73. The molecule has 5 rings (SSSR count). The van der Waals surface area contributed by atoms with Crippen molar-refractivity contribution in [2.24, 2.45) is 7.05 Å². The number of carbonyl (C=O) groups is 1. The highest BCUT2D eigenvalue weighted by Crippen LogP contribution is 2.33. The minimum atomic E-state index is -0.0348. The molecule has 6 heteroatoms. The van der Waals surface area contributed by atoms with Crippen molar-refractivity contribution < 1.29 is 4.79 Å². The quantitative estimate of drug-likeness (QED) is 0.748. The largest absolute Gasteiger partial charge is 0.340 e. The number of fused-ring (bicyclic) bond motifs is 2. The van der Waals surface area contributed by atoms with E-state index in [-0.39, 0.29) is 11.9 Å². The van der Waals surface area contributed by atoms with Crippen LogP contribution < -0.4 is 5.32 Å². The van der Waals surface area contributed by atoms with Gasteiger partial charge in [0.05, 0.1) is 6.04 Å². The third-order valence-electron chi connectivity index (χ3n) is 6.06. The Balaban J connectivity index is 1.48. The maximum Gasteiger partial charge on any atom is 0.271 e. The fourth-order valence-electron chi connectivity index (χ4n) is 4.51. The van der Waals surface area contributed by atoms with Crippen LogP contribution in [0.25, 0.3) is 10.9 Å². The van der Waals surface area contributed by atoms with Gasteiger partial charge in [-0.15, -0.1) is 0 Å². The molecule has 4 heterocycles. The zero-order valence-corrected chi connectivity index (χ0v) is 16.4. The summed E-state index contributed by atoms with van der Waals surface area (Å²) in [7, 11) is 1.97. The zero-order chi connectivity index (χ0) is 19.3. The lowest BCUT2D eigenvalue weighted by molar-refractivity contribution is 0.0720. The van der Waals surface area contributed by atoms with Gasteiger partial charge >= 0.3 is 0 Å². The van der Waals surface area contributed by atoms with E-state index < -0.39 is 0 Å². The maximum atomic E-state index is 13.4. The minimum absolute atomic E-state index is 0.0348. The van der Waals surface area contributed by atoms with E-state index in [0.717, 1.165) is 67.0 Å². The van der Waals surface area contributed by atoms with E-state index in [0.29, 0.717) is 0 Å². The van der Waals surface area contributed by atoms with Crippen LogP contribution >= 0.6 is 0 Å². The van der Waals surface area contributed by atoms with Crippen molar-refractivity contribution in [2.75, 3.05) is 13.1 Å². The molecular weight excluding hydrogens is 350 g/mol. The zero-order valence-electron chi connectivity index (χ0n) is 16.4. The molecule has 3 aromatic rings. The Kier molecular flexibility index (Phi) is 4.16. The van der Waals surface area contributed by atoms with E-state index in [1.165, 1.54) is 11.1 Å². The fraction of sp³-hybridized carbons (Fsp3) is 0.409. The Morgan fingerprint density at radius 2 is 2.18 bits per heavy atom. The molecule has 144 valence electrons. The summed E-state index contributed by atoms with van der Waals surface area (Å²) < 4.78 is 2.01. The van der Waals surface area contributed by atoms with Gasteiger partial charge in [-0.1, -0.05) is 11.6 Å². The second-order valence-corrected chi connectivity index (χ2v) is 7.93. The van der Waals surface area contributed by atoms with E-state index in [1.807, 2.05) is 28.8 Å². The summed E-state index contributed by atoms with van der Waals surface area (Å²) >= 11 is 0. The molecular formula is C22H25N5O. The summed E-state index contributed by atoms with van der Waals surface area (Å²) in [6.45, 7) is 4.61. The number of rotatable bonds is 2. The molecule has 1 aromatic carbocycles. The molecule has 1 atom stereocenters. The molecule has 2 aliphatic heterocycles. The number of nitrogens with zero attached hydrogens (tertiary/aromatic N) is 4. The Morgan fingerprint density at radius 1 is 1.29 bits per heavy atom. The van der Waals surface area contributed by atoms with Crippen molar-refractivity contribution in [1.29, 1.82) is 0 Å². The van der Waals surface area contributed by atoms with Crippen LogP contribution in [0.1, 0.15) is 52.0 Å². The van der Waals surface area contributed by atoms with Gasteiger partial charge in [-0.25, -0.2) is 9.97 Å². The topological polar surface area (TPSA) is 63.1 Å². The molecule has 2 aromatic heterocycles. The first-order valence-corrected chi connectivity index (χ1v) is 10.0. The summed E-state index contributed by atoms with van der Waals surface area (Å²) in [5.74, 6) is 0.864. The number of likely N-dealkylation sites (tertiary alicyclic amines) is 1. The molecule has 0 aliphatic carbocycles. The normalized spacial score (nSPS) is 19.2. The standard InChI is InChI=1S/C22H25N5O/c1-14-5-6-18-15(10-14)11-20(26(18)2)22(28)27-9-3-4-19(27)21-24-13-16-12-23-8-7-17(16)25-21/h5-6,10-11,13,19,23H,3-4,7-9,12H2,1-2H3/t19-/m0/s1. The highest BCUT2D eigenvalue weighted by molar-refractivity contribution is 5.99. The van der Waals surface area contributed by atoms with Gasteiger partial charge in [-0.2, -0.15) is 0 Å². The Morgan fingerprint density at radius 3 is 3.07 bits per heavy atom. The molecule has 0 spiro atoms. The predicted octanol–water partition coefficient (Wildman–Crippen LogP) is 2.90. The number of aryl methyl sites for hydroxylation is 2. The molecule has 28 heavy (non-hydrogen) atoms. The van der Waals surface area contributed by atoms with Gasteiger partial charge in [-0.05, 0) is 38.0 Å². The summed E-state index contributed by atoms with van der Waals surface area (Å²) in [5, 5.41) is 4.46. The number of nitrogens with one attached hydrogen (secondary N) is 1. The van der Waals surface area contributed by atoms with E-state index in [1.54, 1.807) is 0 Å². The van der Waals surface area contributed by atoms with Crippen molar-refractivity contribution >= 4 is 16.8 Å². The Labute approximate surface area is 164 Å². The van der Waals surface area contributed by atoms with Gasteiger partial charge in [0, 0.05) is 61.5 Å². The third-order valence-corrected chi connectivity index (χ3v) is 6.06. The minimum Gasteiger partial charge on any atom is -0.340 e. The lowest BCUT2D eigenvalue weighted by Crippen LogP contribution is -2.33. The number of carbonyl (C=O) groups excluding carboxylic acids is 1. The molecule has 1 saturated heterocycles. The molecule has 0 saturated carbocycles. The van der Waals surface area contributed by atoms with Gasteiger partial charge < -0.3 is 14.8 Å². The molecule has 2 aliphatic rings. The van der Waals surface area contributed by atoms with Crippen molar-refractivity contribution in [3.05, 3.63) is 58.8 Å². The molecule has 0 radical (unpaired) electrons. The van der Waals surface area contributed by atoms with Crippen LogP contribution in [0.5, 0.6) is 0 Å². The van der Waals surface area contributed by atoms with Crippen LogP contribution in [-0.4, -0.2) is 38.4 Å². The van der Waals surface area contributed by atoms with Crippen molar-refractivity contribution in [1.82, 2.24) is 24.8 Å². The number of benzene rings is 1. The predicted molar refractivity (Wildman–Crippen MR) is 108 cm³/mol. The number of amides is 1. The monoisotopic (exact) mass is 375 g/mol. The first-order valence-electron chi connectivity index (χ1n) is 10.0. The molecule has 0 bridgehead atoms. The average Bonchev–Trinajstić information content (AvgIpc) is 3.32. The summed E-state index contributed by atoms with van der Waals surface area (Å²) in [4.78, 5) is 24.9. The molecule has 0 unspecified atom stereocenters. The van der Waals surface area contributed by atoms with Crippen LogP contribution in [-0.2, 0) is 20.0 Å². The van der Waals surface area contributed by atoms with Crippen molar-refractivity contribution in [2.45, 2.75) is 38.8 Å². The molecule has 1 N–H and O–H groups in total. The lowest BCUT2D eigenvalue weighted by atomic mass is 10.1. The number of hydrogen-bond acceptors (Lipinski definition) is 4. The summed E-state index contributed by atoms with van der Waals surface area (Å²) in [5.41, 5.74) is 5.32. The van der Waals surface area contributed by atoms with Crippen molar-refractivity contribution in [3.63, 3.8) is 0 Å². The van der Waals surface area contributed by atoms with Crippen LogP contribution in [0.15, 0.2) is 30.5 Å². The summed E-state index contributed by atoms with van der Waals surface area (Å²) in [6.07, 6.45) is 4.77. The average molecular weight is 375 g/mol. The molecule has 6 nitrogen and oxygen atoms in total. The van der Waals surface area contributed by atoms with Crippen LogP contribution in [0, 0.1) is 6.92 Å². The first kappa shape index (κ1) is 17.4. The first-order chi connectivity index (χ1) is 13.6. The van der Waals surface area contributed by atoms with Gasteiger partial charge in [-0.3, -0.25) is 4.79 Å². The lowest BCUT2D eigenvalue weighted by Gasteiger charge is -2.25. The highest BCUT2D eigenvalue weighted by Gasteiger charge is 2.34.